The van der Waals surface area contributed by atoms with Crippen LogP contribution in [-0.2, 0) is 6.18 Å². The summed E-state index contributed by atoms with van der Waals surface area (Å²) < 4.78 is 52.4. The van der Waals surface area contributed by atoms with E-state index in [1.807, 2.05) is 0 Å². The number of nitrogens with zero attached hydrogens (tertiary/aromatic N) is 3. The predicted octanol–water partition coefficient (Wildman–Crippen LogP) is 6.54. The Bertz CT molecular complexity index is 1260. The number of nitrogen functional groups attached to an aromatic ring is 1. The molecule has 0 spiro atoms. The minimum atomic E-state index is -4.80. The molecule has 0 radical (unpaired) electrons. The molecule has 3 N–H and O–H groups in total. The SMILES string of the molecule is Nc1nc2c(Nc3ccc(C(F)(F)F)c(F)c3)nc(-c3c(Cl)cccc3Cl)nc2s1. The molecule has 0 unspecified atom stereocenters. The first-order valence-corrected chi connectivity index (χ1v) is 9.73. The van der Waals surface area contributed by atoms with E-state index >= 15 is 0 Å². The second kappa shape index (κ2) is 7.53. The van der Waals surface area contributed by atoms with Gasteiger partial charge in [-0.05, 0) is 30.3 Å². The van der Waals surface area contributed by atoms with Gasteiger partial charge >= 0.3 is 6.18 Å². The summed E-state index contributed by atoms with van der Waals surface area (Å²) >= 11 is 13.5. The summed E-state index contributed by atoms with van der Waals surface area (Å²) in [6, 6.07) is 7.30. The molecule has 4 rings (SSSR count). The number of rotatable bonds is 3. The van der Waals surface area contributed by atoms with Crippen LogP contribution in [0.15, 0.2) is 36.4 Å². The van der Waals surface area contributed by atoms with Crippen molar-refractivity contribution >= 4 is 61.5 Å². The molecule has 0 saturated heterocycles. The second-order valence-corrected chi connectivity index (χ2v) is 7.84. The predicted molar refractivity (Wildman–Crippen MR) is 110 cm³/mol. The van der Waals surface area contributed by atoms with Gasteiger partial charge < -0.3 is 11.1 Å². The Morgan fingerprint density at radius 2 is 1.70 bits per heavy atom. The van der Waals surface area contributed by atoms with E-state index < -0.39 is 17.6 Å². The van der Waals surface area contributed by atoms with Crippen LogP contribution in [0.3, 0.4) is 0 Å². The lowest BCUT2D eigenvalue weighted by atomic mass is 10.2. The molecule has 2 aromatic heterocycles. The first-order chi connectivity index (χ1) is 14.1. The Kier molecular flexibility index (Phi) is 5.16. The van der Waals surface area contributed by atoms with Gasteiger partial charge in [0.25, 0.3) is 0 Å². The first kappa shape index (κ1) is 20.6. The van der Waals surface area contributed by atoms with E-state index in [-0.39, 0.29) is 28.0 Å². The third-order valence-corrected chi connectivity index (χ3v) is 5.41. The zero-order chi connectivity index (χ0) is 21.6. The van der Waals surface area contributed by atoms with Gasteiger partial charge in [-0.3, -0.25) is 0 Å². The van der Waals surface area contributed by atoms with Gasteiger partial charge in [0, 0.05) is 5.69 Å². The summed E-state index contributed by atoms with van der Waals surface area (Å²) in [7, 11) is 0. The van der Waals surface area contributed by atoms with Gasteiger partial charge in [0.05, 0.1) is 21.2 Å². The highest BCUT2D eigenvalue weighted by atomic mass is 35.5. The van der Waals surface area contributed by atoms with Gasteiger partial charge in [-0.2, -0.15) is 13.2 Å². The highest BCUT2D eigenvalue weighted by molar-refractivity contribution is 7.21. The van der Waals surface area contributed by atoms with Crippen LogP contribution >= 0.6 is 34.5 Å². The summed E-state index contributed by atoms with van der Waals surface area (Å²) in [6.45, 7) is 0. The summed E-state index contributed by atoms with van der Waals surface area (Å²) in [5.41, 5.74) is 5.05. The van der Waals surface area contributed by atoms with Crippen molar-refractivity contribution < 1.29 is 17.6 Å². The molecule has 154 valence electrons. The number of anilines is 3. The standard InChI is InChI=1S/C18H9Cl2F4N5S/c19-9-2-1-3-10(20)12(9)14-28-15(13-16(29-14)30-17(25)27-13)26-7-4-5-8(11(21)6-7)18(22,23)24/h1-6H,(H2,25,27)(H,26,28,29). The monoisotopic (exact) mass is 473 g/mol. The molecule has 30 heavy (non-hydrogen) atoms. The Morgan fingerprint density at radius 1 is 1.00 bits per heavy atom. The van der Waals surface area contributed by atoms with Crippen LogP contribution in [0.1, 0.15) is 5.56 Å². The molecule has 0 aliphatic rings. The summed E-state index contributed by atoms with van der Waals surface area (Å²) in [5.74, 6) is -1.17. The molecule has 0 saturated carbocycles. The maximum Gasteiger partial charge on any atom is 0.419 e. The average molecular weight is 474 g/mol. The Balaban J connectivity index is 1.84. The number of benzene rings is 2. The van der Waals surface area contributed by atoms with Crippen LogP contribution in [0.4, 0.5) is 34.2 Å². The minimum absolute atomic E-state index is 0.0308. The van der Waals surface area contributed by atoms with Crippen molar-refractivity contribution in [2.24, 2.45) is 0 Å². The molecular formula is C18H9Cl2F4N5S. The highest BCUT2D eigenvalue weighted by Crippen LogP contribution is 2.37. The Hall–Kier alpha value is -2.69. The van der Waals surface area contributed by atoms with E-state index in [0.29, 0.717) is 32.6 Å². The fraction of sp³-hybridized carbons (Fsp3) is 0.0556. The molecule has 5 nitrogen and oxygen atoms in total. The molecular weight excluding hydrogens is 465 g/mol. The normalized spacial score (nSPS) is 11.8. The number of alkyl halides is 3. The van der Waals surface area contributed by atoms with E-state index in [1.165, 1.54) is 0 Å². The summed E-state index contributed by atoms with van der Waals surface area (Å²) in [6.07, 6.45) is -4.80. The number of aromatic nitrogens is 3. The largest absolute Gasteiger partial charge is 0.419 e. The van der Waals surface area contributed by atoms with Crippen LogP contribution in [0, 0.1) is 5.82 Å². The first-order valence-electron chi connectivity index (χ1n) is 8.15. The van der Waals surface area contributed by atoms with E-state index in [9.17, 15) is 17.6 Å². The fourth-order valence-electron chi connectivity index (χ4n) is 2.71. The Labute approximate surface area is 180 Å². The number of hydrogen-bond donors (Lipinski definition) is 2. The van der Waals surface area contributed by atoms with E-state index in [1.54, 1.807) is 18.2 Å². The van der Waals surface area contributed by atoms with Gasteiger partial charge in [-0.25, -0.2) is 19.3 Å². The maximum atomic E-state index is 14.0. The third-order valence-electron chi connectivity index (χ3n) is 4.00. The number of hydrogen-bond acceptors (Lipinski definition) is 6. The van der Waals surface area contributed by atoms with Crippen LogP contribution < -0.4 is 11.1 Å². The average Bonchev–Trinajstić information content (AvgIpc) is 3.01. The van der Waals surface area contributed by atoms with Crippen LogP contribution in [0.25, 0.3) is 21.7 Å². The molecule has 2 heterocycles. The minimum Gasteiger partial charge on any atom is -0.375 e. The topological polar surface area (TPSA) is 76.7 Å². The van der Waals surface area contributed by atoms with Gasteiger partial charge in [0.1, 0.15) is 11.3 Å². The van der Waals surface area contributed by atoms with Crippen molar-refractivity contribution in [2.75, 3.05) is 11.1 Å². The molecule has 4 aromatic rings. The van der Waals surface area contributed by atoms with Crippen LogP contribution in [-0.4, -0.2) is 15.0 Å². The van der Waals surface area contributed by atoms with E-state index in [2.05, 4.69) is 20.3 Å². The maximum absolute atomic E-state index is 14.0. The van der Waals surface area contributed by atoms with Gasteiger partial charge in [-0.1, -0.05) is 40.6 Å². The lowest BCUT2D eigenvalue weighted by molar-refractivity contribution is -0.139. The van der Waals surface area contributed by atoms with Crippen molar-refractivity contribution in [3.8, 4) is 11.4 Å². The number of nitrogens with two attached hydrogens (primary N) is 1. The van der Waals surface area contributed by atoms with Crippen molar-refractivity contribution in [1.82, 2.24) is 15.0 Å². The van der Waals surface area contributed by atoms with Gasteiger partial charge in [-0.15, -0.1) is 0 Å². The number of fused-ring (bicyclic) bond motifs is 1. The molecule has 12 heteroatoms. The van der Waals surface area contributed by atoms with Crippen LogP contribution in [0.2, 0.25) is 10.0 Å². The number of nitrogens with one attached hydrogen (secondary N) is 1. The molecule has 0 amide bonds. The zero-order valence-corrected chi connectivity index (χ0v) is 16.9. The molecule has 0 aliphatic heterocycles. The van der Waals surface area contributed by atoms with Crippen molar-refractivity contribution in [3.63, 3.8) is 0 Å². The number of thiazole rings is 1. The van der Waals surface area contributed by atoms with Crippen molar-refractivity contribution in [3.05, 3.63) is 57.8 Å². The Morgan fingerprint density at radius 3 is 2.33 bits per heavy atom. The highest BCUT2D eigenvalue weighted by Gasteiger charge is 2.34. The molecule has 0 aliphatic carbocycles. The lowest BCUT2D eigenvalue weighted by Crippen LogP contribution is -2.08. The van der Waals surface area contributed by atoms with E-state index in [0.717, 1.165) is 17.4 Å². The van der Waals surface area contributed by atoms with Crippen molar-refractivity contribution in [2.45, 2.75) is 6.18 Å². The lowest BCUT2D eigenvalue weighted by Gasteiger charge is -2.12. The summed E-state index contributed by atoms with van der Waals surface area (Å²) in [4.78, 5) is 13.3. The smallest absolute Gasteiger partial charge is 0.375 e. The van der Waals surface area contributed by atoms with Crippen LogP contribution in [0.5, 0.6) is 0 Å². The molecule has 0 atom stereocenters. The van der Waals surface area contributed by atoms with Gasteiger partial charge in [0.15, 0.2) is 21.6 Å². The second-order valence-electron chi connectivity index (χ2n) is 6.02. The summed E-state index contributed by atoms with van der Waals surface area (Å²) in [5, 5.41) is 3.56. The van der Waals surface area contributed by atoms with Crippen molar-refractivity contribution in [1.29, 1.82) is 0 Å². The fourth-order valence-corrected chi connectivity index (χ4v) is 3.98. The number of halogens is 6. The molecule has 0 bridgehead atoms. The molecule has 0 fully saturated rings. The van der Waals surface area contributed by atoms with Gasteiger partial charge in [0.2, 0.25) is 0 Å². The molecule has 2 aromatic carbocycles. The zero-order valence-electron chi connectivity index (χ0n) is 14.6. The van der Waals surface area contributed by atoms with E-state index in [4.69, 9.17) is 28.9 Å². The quantitative estimate of drug-likeness (QED) is 0.330. The third kappa shape index (κ3) is 3.85.